The molecule has 2 fully saturated rings. The van der Waals surface area contributed by atoms with Crippen molar-refractivity contribution in [2.45, 2.75) is 63.8 Å². The lowest BCUT2D eigenvalue weighted by Gasteiger charge is -2.27. The van der Waals surface area contributed by atoms with Crippen molar-refractivity contribution >= 4 is 0 Å². The van der Waals surface area contributed by atoms with Gasteiger partial charge in [-0.2, -0.15) is 0 Å². The lowest BCUT2D eigenvalue weighted by molar-refractivity contribution is -0.0626. The smallest absolute Gasteiger partial charge is 0.0814 e. The second-order valence-corrected chi connectivity index (χ2v) is 5.05. The molecule has 0 aromatic rings. The monoisotopic (exact) mass is 227 g/mol. The minimum absolute atomic E-state index is 0.356. The van der Waals surface area contributed by atoms with Gasteiger partial charge < -0.3 is 14.8 Å². The molecule has 1 aliphatic heterocycles. The van der Waals surface area contributed by atoms with Gasteiger partial charge in [0.2, 0.25) is 0 Å². The molecular weight excluding hydrogens is 202 g/mol. The van der Waals surface area contributed by atoms with Crippen molar-refractivity contribution in [2.24, 2.45) is 0 Å². The first-order valence-corrected chi connectivity index (χ1v) is 6.86. The summed E-state index contributed by atoms with van der Waals surface area (Å²) in [6, 6.07) is 0. The highest BCUT2D eigenvalue weighted by Gasteiger charge is 2.27. The molecule has 1 saturated carbocycles. The first-order valence-electron chi connectivity index (χ1n) is 6.86. The van der Waals surface area contributed by atoms with Gasteiger partial charge in [-0.15, -0.1) is 0 Å². The van der Waals surface area contributed by atoms with E-state index in [1.54, 1.807) is 0 Å². The Balaban J connectivity index is 1.52. The molecule has 3 heteroatoms. The van der Waals surface area contributed by atoms with Crippen LogP contribution in [0.2, 0.25) is 0 Å². The maximum Gasteiger partial charge on any atom is 0.0814 e. The molecule has 0 bridgehead atoms. The van der Waals surface area contributed by atoms with E-state index in [4.69, 9.17) is 9.47 Å². The van der Waals surface area contributed by atoms with Crippen molar-refractivity contribution < 1.29 is 9.47 Å². The number of rotatable bonds is 7. The SMILES string of the molecule is CCCNCC1CCC(COC2CCC2)O1. The van der Waals surface area contributed by atoms with Crippen molar-refractivity contribution in [2.75, 3.05) is 19.7 Å². The van der Waals surface area contributed by atoms with E-state index in [0.717, 1.165) is 19.7 Å². The third kappa shape index (κ3) is 3.72. The van der Waals surface area contributed by atoms with Gasteiger partial charge in [0.15, 0.2) is 0 Å². The second kappa shape index (κ2) is 6.58. The van der Waals surface area contributed by atoms with Crippen molar-refractivity contribution in [3.8, 4) is 0 Å². The van der Waals surface area contributed by atoms with Crippen LogP contribution in [0.1, 0.15) is 45.4 Å². The molecule has 1 saturated heterocycles. The molecule has 0 aromatic carbocycles. The molecule has 0 radical (unpaired) electrons. The lowest BCUT2D eigenvalue weighted by Crippen LogP contribution is -2.30. The van der Waals surface area contributed by atoms with E-state index < -0.39 is 0 Å². The van der Waals surface area contributed by atoms with Crippen LogP contribution in [-0.2, 0) is 9.47 Å². The Bertz CT molecular complexity index is 194. The first-order chi connectivity index (χ1) is 7.88. The Labute approximate surface area is 98.9 Å². The molecule has 0 aromatic heterocycles. The van der Waals surface area contributed by atoms with Crippen LogP contribution >= 0.6 is 0 Å². The summed E-state index contributed by atoms with van der Waals surface area (Å²) >= 11 is 0. The number of ether oxygens (including phenoxy) is 2. The van der Waals surface area contributed by atoms with Gasteiger partial charge >= 0.3 is 0 Å². The summed E-state index contributed by atoms with van der Waals surface area (Å²) in [5, 5.41) is 3.42. The summed E-state index contributed by atoms with van der Waals surface area (Å²) in [6.07, 6.45) is 8.74. The molecule has 0 amide bonds. The maximum atomic E-state index is 5.94. The van der Waals surface area contributed by atoms with Gasteiger partial charge in [-0.25, -0.2) is 0 Å². The average Bonchev–Trinajstić information content (AvgIpc) is 2.64. The topological polar surface area (TPSA) is 30.5 Å². The Morgan fingerprint density at radius 3 is 2.69 bits per heavy atom. The number of hydrogen-bond donors (Lipinski definition) is 1. The van der Waals surface area contributed by atoms with Gasteiger partial charge in [0.25, 0.3) is 0 Å². The molecule has 2 aliphatic rings. The largest absolute Gasteiger partial charge is 0.376 e. The van der Waals surface area contributed by atoms with Crippen LogP contribution in [0.4, 0.5) is 0 Å². The Kier molecular flexibility index (Phi) is 5.07. The zero-order valence-electron chi connectivity index (χ0n) is 10.4. The Morgan fingerprint density at radius 1 is 1.19 bits per heavy atom. The van der Waals surface area contributed by atoms with Crippen LogP contribution in [0.3, 0.4) is 0 Å². The molecule has 1 heterocycles. The molecule has 1 N–H and O–H groups in total. The quantitative estimate of drug-likeness (QED) is 0.676. The van der Waals surface area contributed by atoms with E-state index in [9.17, 15) is 0 Å². The van der Waals surface area contributed by atoms with Gasteiger partial charge in [-0.1, -0.05) is 6.92 Å². The molecule has 2 atom stereocenters. The fourth-order valence-corrected chi connectivity index (χ4v) is 2.27. The van der Waals surface area contributed by atoms with E-state index in [-0.39, 0.29) is 0 Å². The van der Waals surface area contributed by atoms with Gasteiger partial charge in [-0.05, 0) is 45.1 Å². The van der Waals surface area contributed by atoms with E-state index in [0.29, 0.717) is 18.3 Å². The van der Waals surface area contributed by atoms with Gasteiger partial charge in [-0.3, -0.25) is 0 Å². The summed E-state index contributed by atoms with van der Waals surface area (Å²) in [7, 11) is 0. The van der Waals surface area contributed by atoms with Crippen LogP contribution in [0.25, 0.3) is 0 Å². The summed E-state index contributed by atoms with van der Waals surface area (Å²) < 4.78 is 11.7. The van der Waals surface area contributed by atoms with E-state index in [2.05, 4.69) is 12.2 Å². The summed E-state index contributed by atoms with van der Waals surface area (Å²) in [6.45, 7) is 5.11. The minimum Gasteiger partial charge on any atom is -0.376 e. The highest BCUT2D eigenvalue weighted by atomic mass is 16.5. The fraction of sp³-hybridized carbons (Fsp3) is 1.00. The maximum absolute atomic E-state index is 5.94. The second-order valence-electron chi connectivity index (χ2n) is 5.05. The lowest BCUT2D eigenvalue weighted by atomic mass is 9.96. The average molecular weight is 227 g/mol. The molecule has 0 spiro atoms. The molecule has 2 unspecified atom stereocenters. The van der Waals surface area contributed by atoms with E-state index >= 15 is 0 Å². The predicted octanol–water partition coefficient (Wildman–Crippen LogP) is 2.10. The zero-order chi connectivity index (χ0) is 11.2. The van der Waals surface area contributed by atoms with Crippen LogP contribution in [0.5, 0.6) is 0 Å². The zero-order valence-corrected chi connectivity index (χ0v) is 10.4. The first kappa shape index (κ1) is 12.3. The Hall–Kier alpha value is -0.120. The van der Waals surface area contributed by atoms with Crippen molar-refractivity contribution in [3.05, 3.63) is 0 Å². The summed E-state index contributed by atoms with van der Waals surface area (Å²) in [5.41, 5.74) is 0. The number of hydrogen-bond acceptors (Lipinski definition) is 3. The van der Waals surface area contributed by atoms with Crippen LogP contribution < -0.4 is 5.32 Å². The summed E-state index contributed by atoms with van der Waals surface area (Å²) in [5.74, 6) is 0. The van der Waals surface area contributed by atoms with Gasteiger partial charge in [0.05, 0.1) is 24.9 Å². The minimum atomic E-state index is 0.356. The third-order valence-corrected chi connectivity index (χ3v) is 3.56. The van der Waals surface area contributed by atoms with Crippen molar-refractivity contribution in [1.29, 1.82) is 0 Å². The third-order valence-electron chi connectivity index (χ3n) is 3.56. The molecule has 94 valence electrons. The van der Waals surface area contributed by atoms with Crippen molar-refractivity contribution in [1.82, 2.24) is 5.32 Å². The molecule has 3 nitrogen and oxygen atoms in total. The molecular formula is C13H25NO2. The summed E-state index contributed by atoms with van der Waals surface area (Å²) in [4.78, 5) is 0. The van der Waals surface area contributed by atoms with E-state index in [1.165, 1.54) is 38.5 Å². The van der Waals surface area contributed by atoms with Gasteiger partial charge in [0.1, 0.15) is 0 Å². The van der Waals surface area contributed by atoms with Crippen LogP contribution in [-0.4, -0.2) is 38.0 Å². The standard InChI is InChI=1S/C13H25NO2/c1-2-8-14-9-12-6-7-13(16-12)10-15-11-4-3-5-11/h11-14H,2-10H2,1H3. The van der Waals surface area contributed by atoms with Crippen LogP contribution in [0, 0.1) is 0 Å². The molecule has 16 heavy (non-hydrogen) atoms. The van der Waals surface area contributed by atoms with Crippen molar-refractivity contribution in [3.63, 3.8) is 0 Å². The van der Waals surface area contributed by atoms with Gasteiger partial charge in [0, 0.05) is 6.54 Å². The normalized spacial score (nSPS) is 30.6. The highest BCUT2D eigenvalue weighted by Crippen LogP contribution is 2.25. The number of nitrogens with one attached hydrogen (secondary N) is 1. The fourth-order valence-electron chi connectivity index (χ4n) is 2.27. The predicted molar refractivity (Wildman–Crippen MR) is 64.6 cm³/mol. The highest BCUT2D eigenvalue weighted by molar-refractivity contribution is 4.76. The van der Waals surface area contributed by atoms with Crippen LogP contribution in [0.15, 0.2) is 0 Å². The molecule has 2 rings (SSSR count). The molecule has 1 aliphatic carbocycles. The Morgan fingerprint density at radius 2 is 2.00 bits per heavy atom. The van der Waals surface area contributed by atoms with E-state index in [1.807, 2.05) is 0 Å².